The van der Waals surface area contributed by atoms with Crippen LogP contribution in [0.4, 0.5) is 0 Å². The van der Waals surface area contributed by atoms with Crippen molar-refractivity contribution in [1.82, 2.24) is 4.98 Å². The van der Waals surface area contributed by atoms with Crippen LogP contribution in [0.1, 0.15) is 48.5 Å². The Morgan fingerprint density at radius 2 is 2.11 bits per heavy atom. The molecule has 0 atom stereocenters. The van der Waals surface area contributed by atoms with Crippen LogP contribution in [0.25, 0.3) is 10.9 Å². The molecule has 0 aliphatic rings. The molecule has 0 aliphatic heterocycles. The van der Waals surface area contributed by atoms with Gasteiger partial charge < -0.3 is 9.72 Å². The summed E-state index contributed by atoms with van der Waals surface area (Å²) >= 11 is 0. The first kappa shape index (κ1) is 13.7. The molecule has 1 N–H and O–H groups in total. The molecule has 0 amide bonds. The van der Waals surface area contributed by atoms with Crippen molar-refractivity contribution in [2.75, 3.05) is 7.11 Å². The van der Waals surface area contributed by atoms with Gasteiger partial charge in [0, 0.05) is 17.1 Å². The molecule has 1 aromatic heterocycles. The molecular formula is C16H21NO2. The lowest BCUT2D eigenvalue weighted by atomic mass is 10.0. The third kappa shape index (κ3) is 3.16. The van der Waals surface area contributed by atoms with Gasteiger partial charge in [-0.25, -0.2) is 4.79 Å². The molecule has 2 aromatic rings. The number of aromatic amines is 1. The summed E-state index contributed by atoms with van der Waals surface area (Å²) in [5, 5.41) is 1.21. The van der Waals surface area contributed by atoms with Crippen LogP contribution in [-0.4, -0.2) is 18.1 Å². The van der Waals surface area contributed by atoms with Crippen LogP contribution in [0.5, 0.6) is 0 Å². The average Bonchev–Trinajstić information content (AvgIpc) is 2.85. The maximum absolute atomic E-state index is 11.5. The number of fused-ring (bicyclic) bond motifs is 1. The number of carbonyl (C=O) groups excluding carboxylic acids is 1. The van der Waals surface area contributed by atoms with Gasteiger partial charge in [-0.3, -0.25) is 0 Å². The summed E-state index contributed by atoms with van der Waals surface area (Å²) in [6.45, 7) is 2.22. The molecule has 0 saturated carbocycles. The Labute approximate surface area is 114 Å². The van der Waals surface area contributed by atoms with Crippen LogP contribution in [0.3, 0.4) is 0 Å². The van der Waals surface area contributed by atoms with Gasteiger partial charge in [-0.2, -0.15) is 0 Å². The first-order chi connectivity index (χ1) is 9.26. The van der Waals surface area contributed by atoms with Crippen LogP contribution in [-0.2, 0) is 11.2 Å². The predicted octanol–water partition coefficient (Wildman–Crippen LogP) is 4.08. The summed E-state index contributed by atoms with van der Waals surface area (Å²) in [4.78, 5) is 14.7. The van der Waals surface area contributed by atoms with Crippen LogP contribution >= 0.6 is 0 Å². The normalized spacial score (nSPS) is 10.8. The van der Waals surface area contributed by atoms with Crippen molar-refractivity contribution in [3.8, 4) is 0 Å². The van der Waals surface area contributed by atoms with E-state index in [2.05, 4.69) is 18.1 Å². The smallest absolute Gasteiger partial charge is 0.337 e. The van der Waals surface area contributed by atoms with Gasteiger partial charge in [-0.05, 0) is 30.5 Å². The quantitative estimate of drug-likeness (QED) is 0.627. The topological polar surface area (TPSA) is 42.1 Å². The van der Waals surface area contributed by atoms with Crippen LogP contribution < -0.4 is 0 Å². The molecule has 2 rings (SSSR count). The molecule has 0 aliphatic carbocycles. The van der Waals surface area contributed by atoms with E-state index in [9.17, 15) is 4.79 Å². The number of hydrogen-bond donors (Lipinski definition) is 1. The maximum Gasteiger partial charge on any atom is 0.337 e. The standard InChI is InChI=1S/C16H21NO2/c1-3-4-5-6-7-13-11-17-15-10-12(16(18)19-2)8-9-14(13)15/h8-11,17H,3-7H2,1-2H3. The van der Waals surface area contributed by atoms with Crippen molar-refractivity contribution in [2.45, 2.75) is 39.0 Å². The number of benzene rings is 1. The van der Waals surface area contributed by atoms with E-state index >= 15 is 0 Å². The van der Waals surface area contributed by atoms with E-state index in [0.717, 1.165) is 11.9 Å². The molecule has 1 aromatic carbocycles. The van der Waals surface area contributed by atoms with Gasteiger partial charge in [0.2, 0.25) is 0 Å². The Morgan fingerprint density at radius 3 is 2.84 bits per heavy atom. The second kappa shape index (κ2) is 6.41. The second-order valence-corrected chi connectivity index (χ2v) is 4.88. The van der Waals surface area contributed by atoms with Crippen LogP contribution in [0.15, 0.2) is 24.4 Å². The highest BCUT2D eigenvalue weighted by atomic mass is 16.5. The molecule has 102 valence electrons. The molecule has 19 heavy (non-hydrogen) atoms. The lowest BCUT2D eigenvalue weighted by Gasteiger charge is -2.01. The fourth-order valence-corrected chi connectivity index (χ4v) is 2.38. The highest BCUT2D eigenvalue weighted by Gasteiger charge is 2.09. The number of ether oxygens (including phenoxy) is 1. The number of nitrogens with one attached hydrogen (secondary N) is 1. The third-order valence-electron chi connectivity index (χ3n) is 3.49. The van der Waals surface area contributed by atoms with E-state index in [1.54, 1.807) is 0 Å². The van der Waals surface area contributed by atoms with Crippen molar-refractivity contribution < 1.29 is 9.53 Å². The zero-order chi connectivity index (χ0) is 13.7. The van der Waals surface area contributed by atoms with Crippen LogP contribution in [0.2, 0.25) is 0 Å². The van der Waals surface area contributed by atoms with Gasteiger partial charge in [0.1, 0.15) is 0 Å². The average molecular weight is 259 g/mol. The van der Waals surface area contributed by atoms with Crippen molar-refractivity contribution in [2.24, 2.45) is 0 Å². The Kier molecular flexibility index (Phi) is 4.61. The molecule has 3 heteroatoms. The van der Waals surface area contributed by atoms with E-state index in [1.165, 1.54) is 43.7 Å². The highest BCUT2D eigenvalue weighted by molar-refractivity contribution is 5.95. The third-order valence-corrected chi connectivity index (χ3v) is 3.49. The van der Waals surface area contributed by atoms with Crippen molar-refractivity contribution in [3.63, 3.8) is 0 Å². The molecule has 0 saturated heterocycles. The van der Waals surface area contributed by atoms with Gasteiger partial charge in [0.15, 0.2) is 0 Å². The first-order valence-corrected chi connectivity index (χ1v) is 6.94. The second-order valence-electron chi connectivity index (χ2n) is 4.88. The lowest BCUT2D eigenvalue weighted by molar-refractivity contribution is 0.0601. The minimum absolute atomic E-state index is 0.291. The Morgan fingerprint density at radius 1 is 1.26 bits per heavy atom. The molecule has 0 radical (unpaired) electrons. The number of aromatic nitrogens is 1. The number of rotatable bonds is 6. The monoisotopic (exact) mass is 259 g/mol. The number of unbranched alkanes of at least 4 members (excludes halogenated alkanes) is 3. The highest BCUT2D eigenvalue weighted by Crippen LogP contribution is 2.22. The first-order valence-electron chi connectivity index (χ1n) is 6.94. The molecular weight excluding hydrogens is 238 g/mol. The summed E-state index contributed by atoms with van der Waals surface area (Å²) in [6, 6.07) is 5.70. The number of aryl methyl sites for hydroxylation is 1. The van der Waals surface area contributed by atoms with E-state index < -0.39 is 0 Å². The van der Waals surface area contributed by atoms with E-state index in [-0.39, 0.29) is 5.97 Å². The summed E-state index contributed by atoms with van der Waals surface area (Å²) in [7, 11) is 1.40. The summed E-state index contributed by atoms with van der Waals surface area (Å²) in [5.41, 5.74) is 2.94. The van der Waals surface area contributed by atoms with E-state index in [0.29, 0.717) is 5.56 Å². The van der Waals surface area contributed by atoms with Crippen molar-refractivity contribution >= 4 is 16.9 Å². The van der Waals surface area contributed by atoms with E-state index in [1.807, 2.05) is 18.2 Å². The SMILES string of the molecule is CCCCCCc1c[nH]c2cc(C(=O)OC)ccc12. The number of carbonyl (C=O) groups is 1. The van der Waals surface area contributed by atoms with Gasteiger partial charge in [0.25, 0.3) is 0 Å². The molecule has 0 bridgehead atoms. The molecule has 1 heterocycles. The Balaban J connectivity index is 2.13. The number of esters is 1. The van der Waals surface area contributed by atoms with Gasteiger partial charge in [-0.1, -0.05) is 32.3 Å². The molecule has 0 fully saturated rings. The number of methoxy groups -OCH3 is 1. The van der Waals surface area contributed by atoms with E-state index in [4.69, 9.17) is 4.74 Å². The Hall–Kier alpha value is -1.77. The van der Waals surface area contributed by atoms with Crippen LogP contribution in [0, 0.1) is 0 Å². The summed E-state index contributed by atoms with van der Waals surface area (Å²) < 4.78 is 4.73. The fourth-order valence-electron chi connectivity index (χ4n) is 2.38. The summed E-state index contributed by atoms with van der Waals surface area (Å²) in [6.07, 6.45) is 8.21. The lowest BCUT2D eigenvalue weighted by Crippen LogP contribution is -2.00. The largest absolute Gasteiger partial charge is 0.465 e. The molecule has 0 spiro atoms. The fraction of sp³-hybridized carbons (Fsp3) is 0.438. The minimum Gasteiger partial charge on any atom is -0.465 e. The zero-order valence-electron chi connectivity index (χ0n) is 11.7. The zero-order valence-corrected chi connectivity index (χ0v) is 11.7. The predicted molar refractivity (Wildman–Crippen MR) is 77.5 cm³/mol. The summed E-state index contributed by atoms with van der Waals surface area (Å²) in [5.74, 6) is -0.291. The van der Waals surface area contributed by atoms with Gasteiger partial charge in [0.05, 0.1) is 12.7 Å². The Bertz CT molecular complexity index is 557. The molecule has 0 unspecified atom stereocenters. The maximum atomic E-state index is 11.5. The van der Waals surface area contributed by atoms with Crippen molar-refractivity contribution in [3.05, 3.63) is 35.5 Å². The van der Waals surface area contributed by atoms with Gasteiger partial charge >= 0.3 is 5.97 Å². The molecule has 3 nitrogen and oxygen atoms in total. The van der Waals surface area contributed by atoms with Crippen molar-refractivity contribution in [1.29, 1.82) is 0 Å². The number of H-pyrrole nitrogens is 1. The minimum atomic E-state index is -0.291. The number of hydrogen-bond acceptors (Lipinski definition) is 2. The van der Waals surface area contributed by atoms with Gasteiger partial charge in [-0.15, -0.1) is 0 Å².